The lowest BCUT2D eigenvalue weighted by atomic mass is 9.98. The first kappa shape index (κ1) is 12.5. The Kier molecular flexibility index (Phi) is 4.11. The van der Waals surface area contributed by atoms with Crippen LogP contribution in [0.2, 0.25) is 0 Å². The van der Waals surface area contributed by atoms with Crippen LogP contribution in [0.25, 0.3) is 0 Å². The van der Waals surface area contributed by atoms with Crippen LogP contribution < -0.4 is 11.1 Å². The predicted octanol–water partition coefficient (Wildman–Crippen LogP) is -0.229. The SMILES string of the molecule is CC(C)(C)OC(=O)[C@H](N)[C@H]1CCCC[NH2+]1. The normalized spacial score (nSPS) is 24.7. The van der Waals surface area contributed by atoms with Gasteiger partial charge in [0.2, 0.25) is 0 Å². The highest BCUT2D eigenvalue weighted by Crippen LogP contribution is 2.11. The Morgan fingerprint density at radius 3 is 2.60 bits per heavy atom. The summed E-state index contributed by atoms with van der Waals surface area (Å²) in [6.07, 6.45) is 3.40. The molecule has 15 heavy (non-hydrogen) atoms. The highest BCUT2D eigenvalue weighted by Gasteiger charge is 2.32. The van der Waals surface area contributed by atoms with Crippen molar-refractivity contribution in [2.45, 2.75) is 57.7 Å². The summed E-state index contributed by atoms with van der Waals surface area (Å²) in [7, 11) is 0. The topological polar surface area (TPSA) is 68.9 Å². The fourth-order valence-electron chi connectivity index (χ4n) is 1.84. The van der Waals surface area contributed by atoms with Gasteiger partial charge in [-0.2, -0.15) is 0 Å². The lowest BCUT2D eigenvalue weighted by molar-refractivity contribution is -0.697. The molecule has 1 fully saturated rings. The Balaban J connectivity index is 2.44. The monoisotopic (exact) mass is 215 g/mol. The molecule has 0 unspecified atom stereocenters. The summed E-state index contributed by atoms with van der Waals surface area (Å²) in [5.41, 5.74) is 5.45. The van der Waals surface area contributed by atoms with Gasteiger partial charge < -0.3 is 15.8 Å². The van der Waals surface area contributed by atoms with E-state index in [4.69, 9.17) is 10.5 Å². The number of ether oxygens (including phenoxy) is 1. The van der Waals surface area contributed by atoms with Crippen LogP contribution in [0.4, 0.5) is 0 Å². The second kappa shape index (κ2) is 4.94. The van der Waals surface area contributed by atoms with Crippen LogP contribution in [0.3, 0.4) is 0 Å². The van der Waals surface area contributed by atoms with Gasteiger partial charge in [0, 0.05) is 6.42 Å². The molecule has 0 bridgehead atoms. The van der Waals surface area contributed by atoms with Gasteiger partial charge in [0.25, 0.3) is 0 Å². The fourth-order valence-corrected chi connectivity index (χ4v) is 1.84. The van der Waals surface area contributed by atoms with Crippen molar-refractivity contribution in [1.29, 1.82) is 0 Å². The standard InChI is InChI=1S/C11H22N2O2/c1-11(2,3)15-10(14)9(12)8-6-4-5-7-13-8/h8-9,13H,4-7,12H2,1-3H3/p+1/t8-,9-/m1/s1. The summed E-state index contributed by atoms with van der Waals surface area (Å²) in [5.74, 6) is -0.273. The summed E-state index contributed by atoms with van der Waals surface area (Å²) in [4.78, 5) is 11.7. The van der Waals surface area contributed by atoms with Gasteiger partial charge in [0.05, 0.1) is 6.54 Å². The van der Waals surface area contributed by atoms with Gasteiger partial charge in [0.15, 0.2) is 6.04 Å². The maximum atomic E-state index is 11.7. The number of hydrogen-bond acceptors (Lipinski definition) is 3. The first-order chi connectivity index (χ1) is 6.90. The summed E-state index contributed by atoms with van der Waals surface area (Å²) in [6.45, 7) is 6.66. The zero-order valence-electron chi connectivity index (χ0n) is 9.95. The van der Waals surface area contributed by atoms with Crippen molar-refractivity contribution in [2.75, 3.05) is 6.54 Å². The first-order valence-corrected chi connectivity index (χ1v) is 5.72. The van der Waals surface area contributed by atoms with Gasteiger partial charge >= 0.3 is 5.97 Å². The van der Waals surface area contributed by atoms with E-state index in [0.717, 1.165) is 19.4 Å². The lowest BCUT2D eigenvalue weighted by Gasteiger charge is -2.27. The van der Waals surface area contributed by atoms with Gasteiger partial charge in [-0.05, 0) is 33.6 Å². The summed E-state index contributed by atoms with van der Waals surface area (Å²) < 4.78 is 5.27. The lowest BCUT2D eigenvalue weighted by Crippen LogP contribution is -2.95. The van der Waals surface area contributed by atoms with Crippen molar-refractivity contribution in [1.82, 2.24) is 0 Å². The number of nitrogens with two attached hydrogens (primary N) is 2. The highest BCUT2D eigenvalue weighted by molar-refractivity contribution is 5.76. The van der Waals surface area contributed by atoms with Gasteiger partial charge in [0.1, 0.15) is 11.6 Å². The Bertz CT molecular complexity index is 217. The number of piperidine rings is 1. The number of quaternary nitrogens is 1. The average molecular weight is 215 g/mol. The van der Waals surface area contributed by atoms with Crippen LogP contribution in [0, 0.1) is 0 Å². The number of carbonyl (C=O) groups excluding carboxylic acids is 1. The third-order valence-corrected chi connectivity index (χ3v) is 2.60. The molecule has 0 aromatic rings. The smallest absolute Gasteiger partial charge is 0.329 e. The molecule has 0 saturated carbocycles. The molecule has 1 heterocycles. The zero-order chi connectivity index (χ0) is 11.5. The van der Waals surface area contributed by atoms with Gasteiger partial charge in [-0.1, -0.05) is 0 Å². The van der Waals surface area contributed by atoms with Crippen molar-refractivity contribution < 1.29 is 14.8 Å². The van der Waals surface area contributed by atoms with Crippen molar-refractivity contribution in [2.24, 2.45) is 5.73 Å². The van der Waals surface area contributed by atoms with E-state index >= 15 is 0 Å². The van der Waals surface area contributed by atoms with E-state index in [0.29, 0.717) is 0 Å². The van der Waals surface area contributed by atoms with Crippen molar-refractivity contribution in [3.8, 4) is 0 Å². The molecular formula is C11H23N2O2+. The second-order valence-electron chi connectivity index (χ2n) is 5.24. The number of carbonyl (C=O) groups is 1. The number of rotatable bonds is 2. The highest BCUT2D eigenvalue weighted by atomic mass is 16.6. The van der Waals surface area contributed by atoms with Crippen molar-refractivity contribution in [3.05, 3.63) is 0 Å². The fraction of sp³-hybridized carbons (Fsp3) is 0.909. The van der Waals surface area contributed by atoms with E-state index in [2.05, 4.69) is 5.32 Å². The summed E-state index contributed by atoms with van der Waals surface area (Å²) >= 11 is 0. The van der Waals surface area contributed by atoms with E-state index in [-0.39, 0.29) is 12.0 Å². The predicted molar refractivity (Wildman–Crippen MR) is 58.3 cm³/mol. The van der Waals surface area contributed by atoms with Crippen LogP contribution >= 0.6 is 0 Å². The third kappa shape index (κ3) is 4.18. The quantitative estimate of drug-likeness (QED) is 0.625. The minimum absolute atomic E-state index is 0.202. The molecule has 0 spiro atoms. The molecule has 1 aliphatic rings. The van der Waals surface area contributed by atoms with Crippen LogP contribution in [0.15, 0.2) is 0 Å². The molecule has 4 N–H and O–H groups in total. The molecular weight excluding hydrogens is 192 g/mol. The molecule has 4 heteroatoms. The van der Waals surface area contributed by atoms with Crippen LogP contribution in [-0.2, 0) is 9.53 Å². The summed E-state index contributed by atoms with van der Waals surface area (Å²) in [6, 6.07) is -0.280. The first-order valence-electron chi connectivity index (χ1n) is 5.72. The molecule has 2 atom stereocenters. The van der Waals surface area contributed by atoms with Gasteiger partial charge in [-0.3, -0.25) is 4.79 Å². The molecule has 0 aliphatic carbocycles. The number of hydrogen-bond donors (Lipinski definition) is 2. The third-order valence-electron chi connectivity index (χ3n) is 2.60. The maximum absolute atomic E-state index is 11.7. The van der Waals surface area contributed by atoms with Crippen molar-refractivity contribution >= 4 is 5.97 Å². The summed E-state index contributed by atoms with van der Waals surface area (Å²) in [5, 5.41) is 2.16. The molecule has 1 saturated heterocycles. The molecule has 0 amide bonds. The van der Waals surface area contributed by atoms with Crippen LogP contribution in [-0.4, -0.2) is 30.2 Å². The van der Waals surface area contributed by atoms with Crippen molar-refractivity contribution in [3.63, 3.8) is 0 Å². The van der Waals surface area contributed by atoms with Gasteiger partial charge in [-0.25, -0.2) is 0 Å². The zero-order valence-corrected chi connectivity index (χ0v) is 9.95. The molecule has 0 radical (unpaired) electrons. The van der Waals surface area contributed by atoms with Crippen LogP contribution in [0.1, 0.15) is 40.0 Å². The molecule has 1 rings (SSSR count). The Morgan fingerprint density at radius 2 is 2.13 bits per heavy atom. The van der Waals surface area contributed by atoms with Gasteiger partial charge in [-0.15, -0.1) is 0 Å². The van der Waals surface area contributed by atoms with E-state index < -0.39 is 11.6 Å². The second-order valence-corrected chi connectivity index (χ2v) is 5.24. The average Bonchev–Trinajstić information content (AvgIpc) is 2.15. The molecule has 1 aliphatic heterocycles. The largest absolute Gasteiger partial charge is 0.459 e. The molecule has 0 aromatic heterocycles. The Labute approximate surface area is 91.5 Å². The van der Waals surface area contributed by atoms with Crippen LogP contribution in [0.5, 0.6) is 0 Å². The molecule has 4 nitrogen and oxygen atoms in total. The Hall–Kier alpha value is -0.610. The molecule has 0 aromatic carbocycles. The van der Waals surface area contributed by atoms with E-state index in [1.807, 2.05) is 20.8 Å². The number of esters is 1. The van der Waals surface area contributed by atoms with E-state index in [1.165, 1.54) is 6.42 Å². The minimum Gasteiger partial charge on any atom is -0.459 e. The maximum Gasteiger partial charge on any atom is 0.329 e. The Morgan fingerprint density at radius 1 is 1.47 bits per heavy atom. The molecule has 88 valence electrons. The van der Waals surface area contributed by atoms with E-state index in [1.54, 1.807) is 0 Å². The van der Waals surface area contributed by atoms with E-state index in [9.17, 15) is 4.79 Å². The minimum atomic E-state index is -0.482.